The highest BCUT2D eigenvalue weighted by molar-refractivity contribution is 5.51. The second kappa shape index (κ2) is 6.89. The summed E-state index contributed by atoms with van der Waals surface area (Å²) in [6.07, 6.45) is 1.21. The zero-order chi connectivity index (χ0) is 15.4. The van der Waals surface area contributed by atoms with E-state index in [-0.39, 0.29) is 6.10 Å². The molecule has 0 radical (unpaired) electrons. The van der Waals surface area contributed by atoms with E-state index in [1.54, 1.807) is 0 Å². The first-order valence-corrected chi connectivity index (χ1v) is 7.77. The number of fused-ring (bicyclic) bond motifs is 1. The van der Waals surface area contributed by atoms with E-state index >= 15 is 0 Å². The molecule has 2 aromatic rings. The van der Waals surface area contributed by atoms with E-state index in [4.69, 9.17) is 4.74 Å². The maximum Gasteiger partial charge on any atom is 0.157 e. The van der Waals surface area contributed by atoms with Crippen LogP contribution in [0.3, 0.4) is 0 Å². The van der Waals surface area contributed by atoms with Gasteiger partial charge in [0.05, 0.1) is 11.8 Å². The maximum absolute atomic E-state index is 5.70. The Morgan fingerprint density at radius 2 is 2.05 bits per heavy atom. The largest absolute Gasteiger partial charge is 0.377 e. The Kier molecular flexibility index (Phi) is 5.17. The fraction of sp³-hybridized carbons (Fsp3) is 0.625. The third-order valence-corrected chi connectivity index (χ3v) is 3.53. The van der Waals surface area contributed by atoms with Crippen molar-refractivity contribution in [1.82, 2.24) is 14.6 Å². The topological polar surface area (TPSA) is 51.5 Å². The number of aromatic nitrogens is 3. The Morgan fingerprint density at radius 3 is 2.67 bits per heavy atom. The van der Waals surface area contributed by atoms with Gasteiger partial charge in [0.2, 0.25) is 0 Å². The maximum atomic E-state index is 5.70. The van der Waals surface area contributed by atoms with Crippen molar-refractivity contribution in [2.75, 3.05) is 18.5 Å². The van der Waals surface area contributed by atoms with Crippen molar-refractivity contribution >= 4 is 11.5 Å². The Balaban J connectivity index is 2.28. The molecule has 1 unspecified atom stereocenters. The van der Waals surface area contributed by atoms with E-state index in [0.717, 1.165) is 42.4 Å². The molecular weight excluding hydrogens is 264 g/mol. The van der Waals surface area contributed by atoms with Gasteiger partial charge in [-0.05, 0) is 26.2 Å². The Morgan fingerprint density at radius 1 is 1.29 bits per heavy atom. The third-order valence-electron chi connectivity index (χ3n) is 3.53. The molecule has 0 amide bonds. The van der Waals surface area contributed by atoms with Crippen LogP contribution in [0.4, 0.5) is 5.82 Å². The molecule has 0 bridgehead atoms. The van der Waals surface area contributed by atoms with Crippen molar-refractivity contribution in [2.24, 2.45) is 0 Å². The van der Waals surface area contributed by atoms with Gasteiger partial charge >= 0.3 is 0 Å². The van der Waals surface area contributed by atoms with Crippen LogP contribution in [0.5, 0.6) is 0 Å². The van der Waals surface area contributed by atoms with Gasteiger partial charge in [-0.2, -0.15) is 9.61 Å². The first-order chi connectivity index (χ1) is 10.0. The number of aryl methyl sites for hydroxylation is 1. The molecule has 116 valence electrons. The smallest absolute Gasteiger partial charge is 0.157 e. The summed E-state index contributed by atoms with van der Waals surface area (Å²) in [4.78, 5) is 4.67. The zero-order valence-electron chi connectivity index (χ0n) is 13.7. The molecule has 21 heavy (non-hydrogen) atoms. The van der Waals surface area contributed by atoms with E-state index in [1.165, 1.54) is 0 Å². The first-order valence-electron chi connectivity index (χ1n) is 7.77. The highest BCUT2D eigenvalue weighted by Gasteiger charge is 2.12. The van der Waals surface area contributed by atoms with E-state index < -0.39 is 0 Å². The number of nitrogens with one attached hydrogen (secondary N) is 1. The Labute approximate surface area is 126 Å². The summed E-state index contributed by atoms with van der Waals surface area (Å²) in [7, 11) is 0. The van der Waals surface area contributed by atoms with Crippen LogP contribution in [0.15, 0.2) is 12.1 Å². The summed E-state index contributed by atoms with van der Waals surface area (Å²) < 4.78 is 7.57. The molecule has 2 heterocycles. The van der Waals surface area contributed by atoms with E-state index in [2.05, 4.69) is 42.2 Å². The molecule has 2 aromatic heterocycles. The van der Waals surface area contributed by atoms with E-state index in [0.29, 0.717) is 5.92 Å². The van der Waals surface area contributed by atoms with Crippen molar-refractivity contribution in [3.05, 3.63) is 23.5 Å². The summed E-state index contributed by atoms with van der Waals surface area (Å²) in [5.41, 5.74) is 2.95. The zero-order valence-corrected chi connectivity index (χ0v) is 13.7. The van der Waals surface area contributed by atoms with Crippen LogP contribution in [0.25, 0.3) is 5.65 Å². The normalized spacial score (nSPS) is 13.0. The van der Waals surface area contributed by atoms with Crippen LogP contribution in [-0.2, 0) is 4.74 Å². The van der Waals surface area contributed by atoms with Crippen LogP contribution in [-0.4, -0.2) is 33.9 Å². The molecule has 5 nitrogen and oxygen atoms in total. The van der Waals surface area contributed by atoms with Crippen molar-refractivity contribution in [2.45, 2.75) is 53.1 Å². The predicted molar refractivity (Wildman–Crippen MR) is 86.0 cm³/mol. The average Bonchev–Trinajstić information content (AvgIpc) is 2.83. The number of anilines is 1. The van der Waals surface area contributed by atoms with Gasteiger partial charge in [0.1, 0.15) is 5.82 Å². The summed E-state index contributed by atoms with van der Waals surface area (Å²) in [5.74, 6) is 1.37. The second-order valence-corrected chi connectivity index (χ2v) is 5.64. The van der Waals surface area contributed by atoms with Gasteiger partial charge in [-0.1, -0.05) is 20.8 Å². The second-order valence-electron chi connectivity index (χ2n) is 5.64. The first kappa shape index (κ1) is 15.8. The monoisotopic (exact) mass is 290 g/mol. The lowest BCUT2D eigenvalue weighted by molar-refractivity contribution is 0.0694. The molecule has 1 atom stereocenters. The van der Waals surface area contributed by atoms with Crippen LogP contribution in [0.1, 0.15) is 51.4 Å². The van der Waals surface area contributed by atoms with Gasteiger partial charge in [0.25, 0.3) is 0 Å². The van der Waals surface area contributed by atoms with Gasteiger partial charge in [0.15, 0.2) is 5.65 Å². The minimum absolute atomic E-state index is 0.220. The van der Waals surface area contributed by atoms with Gasteiger partial charge in [0, 0.05) is 31.0 Å². The number of nitrogens with zero attached hydrogens (tertiary/aromatic N) is 3. The van der Waals surface area contributed by atoms with Gasteiger partial charge in [-0.15, -0.1) is 0 Å². The number of hydrogen-bond acceptors (Lipinski definition) is 4. The summed E-state index contributed by atoms with van der Waals surface area (Å²) in [6.45, 7) is 12.0. The predicted octanol–water partition coefficient (Wildman–Crippen LogP) is 3.39. The molecule has 0 aliphatic heterocycles. The van der Waals surface area contributed by atoms with Gasteiger partial charge < -0.3 is 10.1 Å². The minimum Gasteiger partial charge on any atom is -0.377 e. The SMILES string of the molecule is CCOC(CC)CNc1cc(C(C)C)nc2cc(C)nn12. The number of hydrogen-bond donors (Lipinski definition) is 1. The fourth-order valence-electron chi connectivity index (χ4n) is 2.31. The van der Waals surface area contributed by atoms with Crippen molar-refractivity contribution < 1.29 is 4.74 Å². The van der Waals surface area contributed by atoms with E-state index in [1.807, 2.05) is 24.4 Å². The lowest BCUT2D eigenvalue weighted by atomic mass is 10.1. The standard InChI is InChI=1S/C16H26N4O/c1-6-13(21-7-2)10-17-15-9-14(11(3)4)18-16-8-12(5)19-20(15)16/h8-9,11,13,17H,6-7,10H2,1-5H3. The Bertz CT molecular complexity index is 591. The molecule has 1 N–H and O–H groups in total. The van der Waals surface area contributed by atoms with Crippen LogP contribution in [0, 0.1) is 6.92 Å². The van der Waals surface area contributed by atoms with Crippen LogP contribution in [0.2, 0.25) is 0 Å². The highest BCUT2D eigenvalue weighted by atomic mass is 16.5. The summed E-state index contributed by atoms with van der Waals surface area (Å²) >= 11 is 0. The molecule has 0 fully saturated rings. The molecule has 0 saturated carbocycles. The Hall–Kier alpha value is -1.62. The molecule has 0 spiro atoms. The molecule has 0 aliphatic rings. The molecular formula is C16H26N4O. The quantitative estimate of drug-likeness (QED) is 0.849. The summed E-state index contributed by atoms with van der Waals surface area (Å²) in [5, 5.41) is 7.98. The molecule has 2 rings (SSSR count). The lowest BCUT2D eigenvalue weighted by Gasteiger charge is -2.17. The highest BCUT2D eigenvalue weighted by Crippen LogP contribution is 2.19. The average molecular weight is 290 g/mol. The molecule has 0 aromatic carbocycles. The van der Waals surface area contributed by atoms with E-state index in [9.17, 15) is 0 Å². The third kappa shape index (κ3) is 3.73. The number of rotatable bonds is 7. The van der Waals surface area contributed by atoms with Crippen molar-refractivity contribution in [1.29, 1.82) is 0 Å². The minimum atomic E-state index is 0.220. The van der Waals surface area contributed by atoms with Gasteiger partial charge in [-0.3, -0.25) is 0 Å². The lowest BCUT2D eigenvalue weighted by Crippen LogP contribution is -2.23. The van der Waals surface area contributed by atoms with Gasteiger partial charge in [-0.25, -0.2) is 4.98 Å². The fourth-order valence-corrected chi connectivity index (χ4v) is 2.31. The molecule has 5 heteroatoms. The van der Waals surface area contributed by atoms with Crippen LogP contribution >= 0.6 is 0 Å². The summed E-state index contributed by atoms with van der Waals surface area (Å²) in [6, 6.07) is 4.10. The molecule has 0 aliphatic carbocycles. The van der Waals surface area contributed by atoms with Crippen molar-refractivity contribution in [3.63, 3.8) is 0 Å². The molecule has 0 saturated heterocycles. The van der Waals surface area contributed by atoms with Crippen molar-refractivity contribution in [3.8, 4) is 0 Å². The van der Waals surface area contributed by atoms with Crippen LogP contribution < -0.4 is 5.32 Å². The number of ether oxygens (including phenoxy) is 1.